The highest BCUT2D eigenvalue weighted by molar-refractivity contribution is 7.09. The minimum absolute atomic E-state index is 0.393. The fourth-order valence-electron chi connectivity index (χ4n) is 1.64. The van der Waals surface area contributed by atoms with Gasteiger partial charge in [-0.05, 0) is 24.6 Å². The van der Waals surface area contributed by atoms with Gasteiger partial charge >= 0.3 is 5.97 Å². The van der Waals surface area contributed by atoms with Gasteiger partial charge in [-0.2, -0.15) is 0 Å². The standard InChI is InChI=1S/C13H13NO3S/c1-13(16,12-14-7-8-18-12)10-5-3-9(4-6-10)11(15)17-2/h3-8,16H,1-2H3/t13-/m0/s1. The number of hydrogen-bond donors (Lipinski definition) is 1. The minimum Gasteiger partial charge on any atom is -0.465 e. The lowest BCUT2D eigenvalue weighted by Gasteiger charge is -2.21. The molecule has 94 valence electrons. The summed E-state index contributed by atoms with van der Waals surface area (Å²) in [4.78, 5) is 15.4. The first-order valence-electron chi connectivity index (χ1n) is 5.37. The molecule has 0 aliphatic rings. The zero-order valence-corrected chi connectivity index (χ0v) is 10.9. The van der Waals surface area contributed by atoms with Crippen molar-refractivity contribution in [3.05, 3.63) is 52.0 Å². The minimum atomic E-state index is -1.15. The summed E-state index contributed by atoms with van der Waals surface area (Å²) in [5.74, 6) is -0.393. The normalized spacial score (nSPS) is 13.9. The molecule has 18 heavy (non-hydrogen) atoms. The highest BCUT2D eigenvalue weighted by Gasteiger charge is 2.28. The van der Waals surface area contributed by atoms with Gasteiger partial charge in [-0.1, -0.05) is 12.1 Å². The Balaban J connectivity index is 2.32. The number of ether oxygens (including phenoxy) is 1. The summed E-state index contributed by atoms with van der Waals surface area (Å²) < 4.78 is 4.62. The summed E-state index contributed by atoms with van der Waals surface area (Å²) in [6, 6.07) is 6.66. The molecule has 0 spiro atoms. The van der Waals surface area contributed by atoms with Gasteiger partial charge in [0.25, 0.3) is 0 Å². The van der Waals surface area contributed by atoms with Gasteiger partial charge in [0.1, 0.15) is 10.6 Å². The smallest absolute Gasteiger partial charge is 0.337 e. The summed E-state index contributed by atoms with van der Waals surface area (Å²) >= 11 is 1.39. The van der Waals surface area contributed by atoms with E-state index in [9.17, 15) is 9.90 Å². The van der Waals surface area contributed by atoms with Crippen LogP contribution in [0.4, 0.5) is 0 Å². The van der Waals surface area contributed by atoms with Crippen molar-refractivity contribution in [1.29, 1.82) is 0 Å². The molecule has 1 N–H and O–H groups in total. The van der Waals surface area contributed by atoms with Crippen LogP contribution in [0.25, 0.3) is 0 Å². The van der Waals surface area contributed by atoms with Gasteiger partial charge in [-0.3, -0.25) is 0 Å². The van der Waals surface area contributed by atoms with Gasteiger partial charge in [0.15, 0.2) is 0 Å². The van der Waals surface area contributed by atoms with Crippen LogP contribution in [0.2, 0.25) is 0 Å². The lowest BCUT2D eigenvalue weighted by atomic mass is 9.96. The van der Waals surface area contributed by atoms with Crippen LogP contribution in [-0.2, 0) is 10.3 Å². The summed E-state index contributed by atoms with van der Waals surface area (Å²) in [7, 11) is 1.34. The van der Waals surface area contributed by atoms with Gasteiger partial charge in [-0.25, -0.2) is 9.78 Å². The lowest BCUT2D eigenvalue weighted by molar-refractivity contribution is 0.0600. The van der Waals surface area contributed by atoms with Gasteiger partial charge in [0.05, 0.1) is 12.7 Å². The second kappa shape index (κ2) is 4.88. The van der Waals surface area contributed by atoms with Crippen LogP contribution in [0.15, 0.2) is 35.8 Å². The fraction of sp³-hybridized carbons (Fsp3) is 0.231. The van der Waals surface area contributed by atoms with Crippen LogP contribution in [-0.4, -0.2) is 23.2 Å². The third kappa shape index (κ3) is 2.27. The molecule has 0 saturated heterocycles. The Labute approximate surface area is 109 Å². The predicted molar refractivity (Wildman–Crippen MR) is 68.6 cm³/mol. The highest BCUT2D eigenvalue weighted by atomic mass is 32.1. The SMILES string of the molecule is COC(=O)c1ccc([C@](C)(O)c2nccs2)cc1. The van der Waals surface area contributed by atoms with Crippen molar-refractivity contribution in [3.63, 3.8) is 0 Å². The van der Waals surface area contributed by atoms with E-state index in [4.69, 9.17) is 0 Å². The number of carbonyl (C=O) groups excluding carboxylic acids is 1. The van der Waals surface area contributed by atoms with Crippen molar-refractivity contribution in [1.82, 2.24) is 4.98 Å². The number of carbonyl (C=O) groups is 1. The maximum absolute atomic E-state index is 11.3. The lowest BCUT2D eigenvalue weighted by Crippen LogP contribution is -2.22. The summed E-state index contributed by atoms with van der Waals surface area (Å²) in [5, 5.41) is 12.9. The number of aromatic nitrogens is 1. The van der Waals surface area contributed by atoms with Crippen molar-refractivity contribution in [3.8, 4) is 0 Å². The zero-order valence-electron chi connectivity index (χ0n) is 10.1. The Morgan fingerprint density at radius 1 is 1.39 bits per heavy atom. The molecule has 1 aromatic carbocycles. The van der Waals surface area contributed by atoms with Crippen molar-refractivity contribution in [2.45, 2.75) is 12.5 Å². The molecule has 2 rings (SSSR count). The van der Waals surface area contributed by atoms with Crippen LogP contribution in [0.1, 0.15) is 27.9 Å². The van der Waals surface area contributed by atoms with Crippen molar-refractivity contribution in [2.75, 3.05) is 7.11 Å². The molecule has 0 aliphatic carbocycles. The van der Waals surface area contributed by atoms with Crippen LogP contribution in [0.3, 0.4) is 0 Å². The summed E-state index contributed by atoms with van der Waals surface area (Å²) in [6.07, 6.45) is 1.65. The van der Waals surface area contributed by atoms with Gasteiger partial charge < -0.3 is 9.84 Å². The van der Waals surface area contributed by atoms with Crippen molar-refractivity contribution in [2.24, 2.45) is 0 Å². The molecule has 0 radical (unpaired) electrons. The molecule has 0 unspecified atom stereocenters. The molecule has 4 nitrogen and oxygen atoms in total. The number of nitrogens with zero attached hydrogens (tertiary/aromatic N) is 1. The Hall–Kier alpha value is -1.72. The average Bonchev–Trinajstić information content (AvgIpc) is 2.92. The Kier molecular flexibility index (Phi) is 3.45. The Morgan fingerprint density at radius 2 is 2.06 bits per heavy atom. The average molecular weight is 263 g/mol. The van der Waals surface area contributed by atoms with E-state index in [0.717, 1.165) is 0 Å². The van der Waals surface area contributed by atoms with E-state index in [2.05, 4.69) is 9.72 Å². The maximum Gasteiger partial charge on any atom is 0.337 e. The molecule has 0 saturated carbocycles. The molecule has 0 bridgehead atoms. The van der Waals surface area contributed by atoms with Crippen LogP contribution in [0.5, 0.6) is 0 Å². The number of benzene rings is 1. The van der Waals surface area contributed by atoms with E-state index in [1.807, 2.05) is 5.38 Å². The number of hydrogen-bond acceptors (Lipinski definition) is 5. The van der Waals surface area contributed by atoms with Gasteiger partial charge in [0, 0.05) is 11.6 Å². The van der Waals surface area contributed by atoms with E-state index < -0.39 is 11.6 Å². The van der Waals surface area contributed by atoms with E-state index in [1.54, 1.807) is 37.4 Å². The van der Waals surface area contributed by atoms with Crippen molar-refractivity contribution >= 4 is 17.3 Å². The number of esters is 1. The highest BCUT2D eigenvalue weighted by Crippen LogP contribution is 2.30. The number of methoxy groups -OCH3 is 1. The van der Waals surface area contributed by atoms with E-state index in [1.165, 1.54) is 18.4 Å². The molecule has 1 aromatic heterocycles. The molecule has 1 heterocycles. The molecule has 1 atom stereocenters. The van der Waals surface area contributed by atoms with Crippen molar-refractivity contribution < 1.29 is 14.6 Å². The third-order valence-corrected chi connectivity index (χ3v) is 3.70. The number of aliphatic hydroxyl groups is 1. The largest absolute Gasteiger partial charge is 0.465 e. The van der Waals surface area contributed by atoms with E-state index in [-0.39, 0.29) is 0 Å². The van der Waals surface area contributed by atoms with Gasteiger partial charge in [0.2, 0.25) is 0 Å². The summed E-state index contributed by atoms with van der Waals surface area (Å²) in [6.45, 7) is 1.68. The molecule has 5 heteroatoms. The summed E-state index contributed by atoms with van der Waals surface area (Å²) in [5.41, 5.74) is -0.00990. The first-order chi connectivity index (χ1) is 8.55. The van der Waals surface area contributed by atoms with Crippen LogP contribution >= 0.6 is 11.3 Å². The third-order valence-electron chi connectivity index (χ3n) is 2.72. The second-order valence-electron chi connectivity index (χ2n) is 3.98. The zero-order chi connectivity index (χ0) is 13.2. The topological polar surface area (TPSA) is 59.4 Å². The fourth-order valence-corrected chi connectivity index (χ4v) is 2.36. The van der Waals surface area contributed by atoms with Gasteiger partial charge in [-0.15, -0.1) is 11.3 Å². The first-order valence-corrected chi connectivity index (χ1v) is 6.25. The molecule has 0 aliphatic heterocycles. The quantitative estimate of drug-likeness (QED) is 0.862. The molecular weight excluding hydrogens is 250 g/mol. The molecule has 2 aromatic rings. The van der Waals surface area contributed by atoms with E-state index in [0.29, 0.717) is 16.1 Å². The van der Waals surface area contributed by atoms with Crippen LogP contribution in [0, 0.1) is 0 Å². The second-order valence-corrected chi connectivity index (χ2v) is 4.87. The maximum atomic E-state index is 11.3. The Bertz CT molecular complexity index is 532. The molecule has 0 amide bonds. The molecular formula is C13H13NO3S. The van der Waals surface area contributed by atoms with E-state index >= 15 is 0 Å². The number of thiazole rings is 1. The predicted octanol–water partition coefficient (Wildman–Crippen LogP) is 2.19. The van der Waals surface area contributed by atoms with Crippen LogP contribution < -0.4 is 0 Å². The first kappa shape index (κ1) is 12.7. The Morgan fingerprint density at radius 3 is 2.56 bits per heavy atom. The molecule has 0 fully saturated rings. The number of rotatable bonds is 3. The monoisotopic (exact) mass is 263 g/mol.